The van der Waals surface area contributed by atoms with E-state index in [0.717, 1.165) is 47.5 Å². The van der Waals surface area contributed by atoms with Crippen LogP contribution in [0, 0.1) is 11.8 Å². The van der Waals surface area contributed by atoms with E-state index in [-0.39, 0.29) is 43.1 Å². The third-order valence-corrected chi connectivity index (χ3v) is 8.68. The molecule has 0 saturated carbocycles. The Hall–Kier alpha value is -3.43. The maximum atomic E-state index is 12.1. The lowest BCUT2D eigenvalue weighted by atomic mass is 9.79. The van der Waals surface area contributed by atoms with Gasteiger partial charge in [-0.3, -0.25) is 4.79 Å². The van der Waals surface area contributed by atoms with Gasteiger partial charge in [0.2, 0.25) is 5.91 Å². The molecule has 0 aliphatic carbocycles. The molecule has 8 nitrogen and oxygen atoms in total. The summed E-state index contributed by atoms with van der Waals surface area (Å²) in [7, 11) is 3.31. The molecule has 1 saturated heterocycles. The van der Waals surface area contributed by atoms with E-state index in [1.165, 1.54) is 6.92 Å². The molecule has 238 valence electrons. The Balaban J connectivity index is 1.70. The maximum absolute atomic E-state index is 12.1. The molecule has 44 heavy (non-hydrogen) atoms. The molecule has 0 radical (unpaired) electrons. The summed E-state index contributed by atoms with van der Waals surface area (Å²) in [5.41, 5.74) is 1.89. The Bertz CT molecular complexity index is 1230. The van der Waals surface area contributed by atoms with Gasteiger partial charge < -0.3 is 34.1 Å². The van der Waals surface area contributed by atoms with Crippen molar-refractivity contribution in [1.82, 2.24) is 5.32 Å². The quantitative estimate of drug-likeness (QED) is 0.170. The number of methoxy groups -OCH3 is 2. The molecular formula is C36H47NO7. The van der Waals surface area contributed by atoms with Crippen molar-refractivity contribution in [1.29, 1.82) is 0 Å². The van der Waals surface area contributed by atoms with Gasteiger partial charge in [-0.25, -0.2) is 0 Å². The number of rotatable bonds is 15. The number of ether oxygens (including phenoxy) is 5. The van der Waals surface area contributed by atoms with Gasteiger partial charge in [-0.2, -0.15) is 0 Å². The topological polar surface area (TPSA) is 95.5 Å². The normalized spacial score (nSPS) is 21.9. The van der Waals surface area contributed by atoms with Crippen LogP contribution in [0.15, 0.2) is 78.9 Å². The van der Waals surface area contributed by atoms with Crippen LogP contribution in [-0.2, 0) is 24.6 Å². The fourth-order valence-electron chi connectivity index (χ4n) is 5.93. The van der Waals surface area contributed by atoms with Crippen LogP contribution in [0.4, 0.5) is 0 Å². The highest BCUT2D eigenvalue weighted by Crippen LogP contribution is 2.43. The van der Waals surface area contributed by atoms with Gasteiger partial charge in [0, 0.05) is 20.1 Å². The highest BCUT2D eigenvalue weighted by Gasteiger charge is 2.45. The number of carbonyl (C=O) groups excluding carboxylic acids is 1. The third kappa shape index (κ3) is 7.80. The first-order valence-electron chi connectivity index (χ1n) is 15.5. The van der Waals surface area contributed by atoms with E-state index in [1.807, 2.05) is 66.7 Å². The number of nitrogens with one attached hydrogen (secondary N) is 1. The van der Waals surface area contributed by atoms with E-state index >= 15 is 0 Å². The zero-order valence-electron chi connectivity index (χ0n) is 26.5. The molecule has 1 fully saturated rings. The molecule has 4 rings (SSSR count). The van der Waals surface area contributed by atoms with E-state index in [2.05, 4.69) is 31.3 Å². The molecule has 2 N–H and O–H groups in total. The number of aliphatic hydroxyl groups excluding tert-OH is 1. The summed E-state index contributed by atoms with van der Waals surface area (Å²) >= 11 is 0. The second-order valence-electron chi connectivity index (χ2n) is 11.5. The summed E-state index contributed by atoms with van der Waals surface area (Å²) in [6.07, 6.45) is 1.45. The van der Waals surface area contributed by atoms with Crippen molar-refractivity contribution in [2.75, 3.05) is 34.0 Å². The highest BCUT2D eigenvalue weighted by atomic mass is 16.7. The number of carbonyl (C=O) groups is 1. The Morgan fingerprint density at radius 3 is 1.91 bits per heavy atom. The SMILES string of the molecule is COc1ccc(C(OCC2OC(OCCCCCO)C(NC(C)=O)C(C)C2C)(c2ccccc2)c2ccc(OC)cc2)cc1. The fourth-order valence-corrected chi connectivity index (χ4v) is 5.93. The Morgan fingerprint density at radius 2 is 1.39 bits per heavy atom. The Kier molecular flexibility index (Phi) is 12.2. The average Bonchev–Trinajstić information content (AvgIpc) is 3.05. The lowest BCUT2D eigenvalue weighted by molar-refractivity contribution is -0.249. The molecule has 5 unspecified atom stereocenters. The zero-order valence-corrected chi connectivity index (χ0v) is 26.5. The standard InChI is InChI=1S/C36H47NO7/c1-25-26(2)34(37-27(3)39)35(42-23-11-7-10-22-38)44-33(25)24-43-36(28-12-8-6-9-13-28,29-14-18-31(40-4)19-15-29)30-16-20-32(41-5)21-17-30/h6,8-9,12-21,25-26,33-35,38H,7,10-11,22-24H2,1-5H3,(H,37,39). The fraction of sp³-hybridized carbons (Fsp3) is 0.472. The van der Waals surface area contributed by atoms with E-state index in [0.29, 0.717) is 6.61 Å². The molecule has 5 atom stereocenters. The lowest BCUT2D eigenvalue weighted by Crippen LogP contribution is -2.58. The zero-order chi connectivity index (χ0) is 31.5. The van der Waals surface area contributed by atoms with Crippen LogP contribution >= 0.6 is 0 Å². The van der Waals surface area contributed by atoms with Crippen LogP contribution in [0.25, 0.3) is 0 Å². The first-order chi connectivity index (χ1) is 21.3. The molecular weight excluding hydrogens is 558 g/mol. The van der Waals surface area contributed by atoms with Crippen molar-refractivity contribution >= 4 is 5.91 Å². The monoisotopic (exact) mass is 605 g/mol. The molecule has 3 aromatic rings. The predicted octanol–water partition coefficient (Wildman–Crippen LogP) is 5.69. The molecule has 1 heterocycles. The highest BCUT2D eigenvalue weighted by molar-refractivity contribution is 5.73. The molecule has 1 amide bonds. The summed E-state index contributed by atoms with van der Waals surface area (Å²) in [5.74, 6) is 1.51. The minimum Gasteiger partial charge on any atom is -0.497 e. The molecule has 0 bridgehead atoms. The van der Waals surface area contributed by atoms with Crippen molar-refractivity contribution in [3.8, 4) is 11.5 Å². The third-order valence-electron chi connectivity index (χ3n) is 8.68. The number of hydrogen-bond donors (Lipinski definition) is 2. The molecule has 0 spiro atoms. The van der Waals surface area contributed by atoms with E-state index in [9.17, 15) is 4.79 Å². The lowest BCUT2D eigenvalue weighted by Gasteiger charge is -2.46. The summed E-state index contributed by atoms with van der Waals surface area (Å²) in [6, 6.07) is 25.8. The Labute approximate surface area is 261 Å². The van der Waals surface area contributed by atoms with Gasteiger partial charge in [0.05, 0.1) is 33.0 Å². The molecule has 1 aliphatic rings. The van der Waals surface area contributed by atoms with Gasteiger partial charge in [-0.1, -0.05) is 68.4 Å². The smallest absolute Gasteiger partial charge is 0.217 e. The van der Waals surface area contributed by atoms with Crippen molar-refractivity contribution in [2.24, 2.45) is 11.8 Å². The number of unbranched alkanes of at least 4 members (excludes halogenated alkanes) is 2. The summed E-state index contributed by atoms with van der Waals surface area (Å²) in [5, 5.41) is 12.2. The van der Waals surface area contributed by atoms with Crippen LogP contribution in [0.3, 0.4) is 0 Å². The first kappa shape index (κ1) is 33.5. The summed E-state index contributed by atoms with van der Waals surface area (Å²) in [4.78, 5) is 12.1. The minimum atomic E-state index is -0.971. The number of benzene rings is 3. The molecule has 3 aromatic carbocycles. The van der Waals surface area contributed by atoms with Crippen molar-refractivity contribution < 1.29 is 33.6 Å². The van der Waals surface area contributed by atoms with Crippen LogP contribution < -0.4 is 14.8 Å². The minimum absolute atomic E-state index is 0.0568. The van der Waals surface area contributed by atoms with Gasteiger partial charge in [0.15, 0.2) is 6.29 Å². The maximum Gasteiger partial charge on any atom is 0.217 e. The van der Waals surface area contributed by atoms with Crippen molar-refractivity contribution in [3.05, 3.63) is 95.6 Å². The molecule has 8 heteroatoms. The molecule has 0 aromatic heterocycles. The number of amides is 1. The van der Waals surface area contributed by atoms with Crippen molar-refractivity contribution in [2.45, 2.75) is 64.1 Å². The van der Waals surface area contributed by atoms with E-state index in [4.69, 9.17) is 28.8 Å². The summed E-state index contributed by atoms with van der Waals surface area (Å²) < 4.78 is 30.9. The number of hydrogen-bond acceptors (Lipinski definition) is 7. The van der Waals surface area contributed by atoms with Crippen molar-refractivity contribution in [3.63, 3.8) is 0 Å². The molecule has 1 aliphatic heterocycles. The largest absolute Gasteiger partial charge is 0.497 e. The van der Waals surface area contributed by atoms with Gasteiger partial charge in [0.25, 0.3) is 0 Å². The second-order valence-corrected chi connectivity index (χ2v) is 11.5. The first-order valence-corrected chi connectivity index (χ1v) is 15.5. The van der Waals surface area contributed by atoms with E-state index in [1.54, 1.807) is 14.2 Å². The van der Waals surface area contributed by atoms with Crippen LogP contribution in [0.2, 0.25) is 0 Å². The predicted molar refractivity (Wildman–Crippen MR) is 170 cm³/mol. The van der Waals surface area contributed by atoms with Gasteiger partial charge in [-0.15, -0.1) is 0 Å². The van der Waals surface area contributed by atoms with Crippen LogP contribution in [0.5, 0.6) is 11.5 Å². The van der Waals surface area contributed by atoms with Crippen LogP contribution in [0.1, 0.15) is 56.7 Å². The van der Waals surface area contributed by atoms with Gasteiger partial charge >= 0.3 is 0 Å². The van der Waals surface area contributed by atoms with E-state index < -0.39 is 11.9 Å². The number of aliphatic hydroxyl groups is 1. The Morgan fingerprint density at radius 1 is 0.818 bits per heavy atom. The average molecular weight is 606 g/mol. The van der Waals surface area contributed by atoms with Crippen LogP contribution in [-0.4, -0.2) is 63.5 Å². The van der Waals surface area contributed by atoms with Gasteiger partial charge in [0.1, 0.15) is 17.1 Å². The van der Waals surface area contributed by atoms with Gasteiger partial charge in [-0.05, 0) is 72.1 Å². The summed E-state index contributed by atoms with van der Waals surface area (Å²) in [6.45, 7) is 6.68. The second kappa shape index (κ2) is 16.0.